The molecule has 0 atom stereocenters. The van der Waals surface area contributed by atoms with Gasteiger partial charge in [0.05, 0.1) is 56.2 Å². The van der Waals surface area contributed by atoms with E-state index in [1.54, 1.807) is 4.57 Å². The number of nitrogens with zero attached hydrogens (tertiary/aromatic N) is 5. The smallest absolute Gasteiger partial charge is 0.147 e. The molecule has 40 heavy (non-hydrogen) atoms. The Morgan fingerprint density at radius 1 is 0.525 bits per heavy atom. The van der Waals surface area contributed by atoms with Gasteiger partial charge in [-0.2, -0.15) is 15.8 Å². The number of halogens is 2. The van der Waals surface area contributed by atoms with E-state index < -0.39 is 11.6 Å². The molecular formula is C33H15F2N5. The molecule has 7 heteroatoms. The maximum atomic E-state index is 15.2. The summed E-state index contributed by atoms with van der Waals surface area (Å²) in [6.45, 7) is 0. The van der Waals surface area contributed by atoms with Crippen molar-refractivity contribution < 1.29 is 8.78 Å². The van der Waals surface area contributed by atoms with Gasteiger partial charge in [-0.25, -0.2) is 8.78 Å². The third kappa shape index (κ3) is 3.14. The third-order valence-electron chi connectivity index (χ3n) is 7.32. The summed E-state index contributed by atoms with van der Waals surface area (Å²) in [5, 5.41) is 33.1. The van der Waals surface area contributed by atoms with E-state index in [4.69, 9.17) is 0 Å². The number of rotatable bonds is 2. The molecule has 0 saturated carbocycles. The van der Waals surface area contributed by atoms with Crippen molar-refractivity contribution in [1.82, 2.24) is 9.13 Å². The van der Waals surface area contributed by atoms with E-state index in [1.165, 1.54) is 18.2 Å². The second kappa shape index (κ2) is 8.53. The zero-order valence-electron chi connectivity index (χ0n) is 20.7. The molecule has 0 aliphatic carbocycles. The fraction of sp³-hybridized carbons (Fsp3) is 0. The Bertz CT molecular complexity index is 2300. The van der Waals surface area contributed by atoms with Crippen LogP contribution in [0.25, 0.3) is 55.0 Å². The molecule has 0 N–H and O–H groups in total. The lowest BCUT2D eigenvalue weighted by Gasteiger charge is -2.13. The Morgan fingerprint density at radius 2 is 1.10 bits per heavy atom. The van der Waals surface area contributed by atoms with Crippen LogP contribution in [0.1, 0.15) is 16.7 Å². The van der Waals surface area contributed by atoms with Crippen molar-refractivity contribution in [3.8, 4) is 29.6 Å². The number of nitriles is 3. The first kappa shape index (κ1) is 23.2. The van der Waals surface area contributed by atoms with Crippen molar-refractivity contribution in [2.24, 2.45) is 0 Å². The summed E-state index contributed by atoms with van der Waals surface area (Å²) in [7, 11) is 0. The molecule has 0 saturated heterocycles. The van der Waals surface area contributed by atoms with Crippen LogP contribution in [0.5, 0.6) is 0 Å². The average molecular weight is 520 g/mol. The van der Waals surface area contributed by atoms with E-state index in [9.17, 15) is 20.2 Å². The maximum absolute atomic E-state index is 15.2. The minimum Gasteiger partial charge on any atom is -0.307 e. The number of hydrogen-bond donors (Lipinski definition) is 0. The second-order valence-electron chi connectivity index (χ2n) is 9.44. The molecular weight excluding hydrogens is 504 g/mol. The molecule has 0 bridgehead atoms. The number of para-hydroxylation sites is 2. The van der Waals surface area contributed by atoms with E-state index in [0.29, 0.717) is 22.2 Å². The fourth-order valence-corrected chi connectivity index (χ4v) is 5.70. The van der Waals surface area contributed by atoms with E-state index in [2.05, 4.69) is 12.1 Å². The topological polar surface area (TPSA) is 81.2 Å². The van der Waals surface area contributed by atoms with Crippen molar-refractivity contribution in [1.29, 1.82) is 15.8 Å². The van der Waals surface area contributed by atoms with E-state index >= 15 is 4.39 Å². The fourth-order valence-electron chi connectivity index (χ4n) is 5.70. The summed E-state index contributed by atoms with van der Waals surface area (Å²) in [5.74, 6) is -1.14. The molecule has 2 aromatic heterocycles. The van der Waals surface area contributed by atoms with Crippen molar-refractivity contribution in [3.63, 3.8) is 0 Å². The molecule has 0 unspecified atom stereocenters. The highest BCUT2D eigenvalue weighted by Gasteiger charge is 2.22. The van der Waals surface area contributed by atoms with Crippen LogP contribution in [0.15, 0.2) is 91.0 Å². The highest BCUT2D eigenvalue weighted by atomic mass is 19.1. The molecule has 186 valence electrons. The predicted octanol–water partition coefficient (Wildman–Crippen LogP) is 7.77. The third-order valence-corrected chi connectivity index (χ3v) is 7.32. The first-order valence-electron chi connectivity index (χ1n) is 12.3. The van der Waals surface area contributed by atoms with Crippen molar-refractivity contribution in [2.75, 3.05) is 0 Å². The first-order chi connectivity index (χ1) is 19.5. The second-order valence-corrected chi connectivity index (χ2v) is 9.44. The monoisotopic (exact) mass is 519 g/mol. The van der Waals surface area contributed by atoms with Gasteiger partial charge in [0, 0.05) is 27.6 Å². The zero-order valence-corrected chi connectivity index (χ0v) is 20.7. The van der Waals surface area contributed by atoms with Crippen LogP contribution in [0.3, 0.4) is 0 Å². The Morgan fingerprint density at radius 3 is 1.70 bits per heavy atom. The molecule has 0 aliphatic heterocycles. The molecule has 2 heterocycles. The molecule has 0 spiro atoms. The van der Waals surface area contributed by atoms with Crippen molar-refractivity contribution in [2.45, 2.75) is 0 Å². The molecule has 0 radical (unpaired) electrons. The van der Waals surface area contributed by atoms with E-state index in [0.717, 1.165) is 39.2 Å². The van der Waals surface area contributed by atoms with Gasteiger partial charge in [-0.3, -0.25) is 0 Å². The van der Waals surface area contributed by atoms with Crippen LogP contribution >= 0.6 is 0 Å². The van der Waals surface area contributed by atoms with Gasteiger partial charge in [0.15, 0.2) is 0 Å². The highest BCUT2D eigenvalue weighted by molar-refractivity contribution is 6.19. The van der Waals surface area contributed by atoms with Gasteiger partial charge in [0.25, 0.3) is 0 Å². The summed E-state index contributed by atoms with van der Waals surface area (Å²) >= 11 is 0. The summed E-state index contributed by atoms with van der Waals surface area (Å²) in [6.07, 6.45) is 0. The largest absolute Gasteiger partial charge is 0.307 e. The standard InChI is InChI=1S/C33H15F2N5/c34-22-9-10-27(35)32(13-22)39-28-7-3-1-5-23(28)25-14-26-24-6-2-4-8-29(24)40(31(26)15-30(25)39)33-20(17-37)11-19(16-36)12-21(33)18-38/h1-15H. The van der Waals surface area contributed by atoms with Crippen LogP contribution in [-0.4, -0.2) is 9.13 Å². The summed E-state index contributed by atoms with van der Waals surface area (Å²) in [5.41, 5.74) is 3.76. The van der Waals surface area contributed by atoms with Crippen molar-refractivity contribution >= 4 is 43.6 Å². The van der Waals surface area contributed by atoms with Gasteiger partial charge in [0.2, 0.25) is 0 Å². The van der Waals surface area contributed by atoms with Crippen LogP contribution in [0.4, 0.5) is 8.78 Å². The molecule has 0 aliphatic rings. The van der Waals surface area contributed by atoms with Crippen LogP contribution in [0.2, 0.25) is 0 Å². The summed E-state index contributed by atoms with van der Waals surface area (Å²) in [4.78, 5) is 0. The minimum atomic E-state index is -0.574. The molecule has 0 amide bonds. The molecule has 7 rings (SSSR count). The van der Waals surface area contributed by atoms with Crippen LogP contribution in [-0.2, 0) is 0 Å². The predicted molar refractivity (Wildman–Crippen MR) is 149 cm³/mol. The van der Waals surface area contributed by atoms with E-state index in [1.807, 2.05) is 71.3 Å². The lowest BCUT2D eigenvalue weighted by atomic mass is 10.0. The van der Waals surface area contributed by atoms with Gasteiger partial charge in [0.1, 0.15) is 23.8 Å². The highest BCUT2D eigenvalue weighted by Crippen LogP contribution is 2.40. The van der Waals surface area contributed by atoms with Crippen molar-refractivity contribution in [3.05, 3.63) is 119 Å². The Labute approximate surface area is 226 Å². The average Bonchev–Trinajstić information content (AvgIpc) is 3.48. The van der Waals surface area contributed by atoms with Gasteiger partial charge in [-0.1, -0.05) is 36.4 Å². The summed E-state index contributed by atoms with van der Waals surface area (Å²) < 4.78 is 33.1. The van der Waals surface area contributed by atoms with Crippen LogP contribution in [0, 0.1) is 45.6 Å². The minimum absolute atomic E-state index is 0.0713. The SMILES string of the molecule is N#Cc1cc(C#N)c(-n2c3ccccc3c3cc4c5ccccc5n(-c5cc(F)ccc5F)c4cc32)c(C#N)c1. The Hall–Kier alpha value is -5.97. The lowest BCUT2D eigenvalue weighted by Crippen LogP contribution is -2.03. The zero-order chi connectivity index (χ0) is 27.5. The van der Waals surface area contributed by atoms with Gasteiger partial charge in [-0.05, 0) is 48.5 Å². The normalized spacial score (nSPS) is 11.2. The molecule has 0 fully saturated rings. The van der Waals surface area contributed by atoms with Gasteiger partial charge >= 0.3 is 0 Å². The van der Waals surface area contributed by atoms with Gasteiger partial charge in [-0.15, -0.1) is 0 Å². The van der Waals surface area contributed by atoms with Gasteiger partial charge < -0.3 is 9.13 Å². The lowest BCUT2D eigenvalue weighted by molar-refractivity contribution is 0.595. The quantitative estimate of drug-likeness (QED) is 0.234. The maximum Gasteiger partial charge on any atom is 0.147 e. The Balaban J connectivity index is 1.72. The molecule has 5 aromatic carbocycles. The summed E-state index contributed by atoms with van der Waals surface area (Å²) in [6, 6.07) is 31.7. The number of benzene rings is 5. The first-order valence-corrected chi connectivity index (χ1v) is 12.3. The molecule has 5 nitrogen and oxygen atoms in total. The van der Waals surface area contributed by atoms with E-state index in [-0.39, 0.29) is 22.4 Å². The Kier molecular flexibility index (Phi) is 4.94. The van der Waals surface area contributed by atoms with Crippen LogP contribution < -0.4 is 0 Å². The number of aromatic nitrogens is 2. The molecule has 7 aromatic rings. The number of hydrogen-bond acceptors (Lipinski definition) is 3. The number of fused-ring (bicyclic) bond motifs is 6.